The molecule has 0 saturated carbocycles. The van der Waals surface area contributed by atoms with Crippen LogP contribution >= 0.6 is 22.9 Å². The van der Waals surface area contributed by atoms with E-state index in [4.69, 9.17) is 11.6 Å². The zero-order valence-electron chi connectivity index (χ0n) is 19.9. The molecule has 6 aromatic carbocycles. The van der Waals surface area contributed by atoms with Gasteiger partial charge in [-0.15, -0.1) is 11.3 Å². The van der Waals surface area contributed by atoms with Crippen molar-refractivity contribution in [3.8, 4) is 11.1 Å². The summed E-state index contributed by atoms with van der Waals surface area (Å²) in [7, 11) is 0. The molecular formula is C35H21ClS. The van der Waals surface area contributed by atoms with E-state index in [1.807, 2.05) is 0 Å². The average Bonchev–Trinajstić information content (AvgIpc) is 3.49. The van der Waals surface area contributed by atoms with Gasteiger partial charge in [0.1, 0.15) is 0 Å². The van der Waals surface area contributed by atoms with Gasteiger partial charge in [-0.2, -0.15) is 0 Å². The zero-order valence-corrected chi connectivity index (χ0v) is 21.5. The highest BCUT2D eigenvalue weighted by Gasteiger charge is 2.46. The first-order valence-corrected chi connectivity index (χ1v) is 13.7. The monoisotopic (exact) mass is 508 g/mol. The molecular weight excluding hydrogens is 488 g/mol. The summed E-state index contributed by atoms with van der Waals surface area (Å²) in [5.74, 6) is 0. The molecule has 0 unspecified atom stereocenters. The second-order valence-corrected chi connectivity index (χ2v) is 11.3. The molecule has 8 rings (SSSR count). The van der Waals surface area contributed by atoms with E-state index in [0.717, 1.165) is 9.72 Å². The molecule has 0 bridgehead atoms. The molecule has 0 fully saturated rings. The van der Waals surface area contributed by atoms with Crippen LogP contribution in [-0.2, 0) is 5.41 Å². The topological polar surface area (TPSA) is 0 Å². The lowest BCUT2D eigenvalue weighted by Crippen LogP contribution is -2.28. The molecule has 1 aliphatic carbocycles. The number of fused-ring (bicyclic) bond motifs is 8. The first-order valence-electron chi connectivity index (χ1n) is 12.6. The van der Waals surface area contributed by atoms with E-state index in [2.05, 4.69) is 127 Å². The summed E-state index contributed by atoms with van der Waals surface area (Å²) in [5, 5.41) is 5.88. The number of hydrogen-bond acceptors (Lipinski definition) is 1. The summed E-state index contributed by atoms with van der Waals surface area (Å²) >= 11 is 8.97. The summed E-state index contributed by atoms with van der Waals surface area (Å²) in [6.07, 6.45) is 0. The van der Waals surface area contributed by atoms with Crippen LogP contribution in [0.15, 0.2) is 127 Å². The summed E-state index contributed by atoms with van der Waals surface area (Å²) < 4.78 is 2.42. The fraction of sp³-hybridized carbons (Fsp3) is 0.0286. The Morgan fingerprint density at radius 2 is 1.19 bits per heavy atom. The number of rotatable bonds is 2. The third-order valence-electron chi connectivity index (χ3n) is 8.01. The second kappa shape index (κ2) is 7.79. The van der Waals surface area contributed by atoms with Crippen molar-refractivity contribution >= 4 is 53.9 Å². The van der Waals surface area contributed by atoms with Crippen molar-refractivity contribution in [1.29, 1.82) is 0 Å². The first-order chi connectivity index (χ1) is 18.3. The van der Waals surface area contributed by atoms with Gasteiger partial charge in [0.25, 0.3) is 0 Å². The molecule has 0 amide bonds. The van der Waals surface area contributed by atoms with Gasteiger partial charge in [0, 0.05) is 15.5 Å². The number of benzene rings is 6. The lowest BCUT2D eigenvalue weighted by molar-refractivity contribution is 0.770. The maximum Gasteiger partial charge on any atom is 0.0714 e. The Kier molecular flexibility index (Phi) is 4.47. The predicted molar refractivity (Wildman–Crippen MR) is 159 cm³/mol. The van der Waals surface area contributed by atoms with Crippen LogP contribution in [-0.4, -0.2) is 0 Å². The van der Waals surface area contributed by atoms with Crippen LogP contribution in [0, 0.1) is 0 Å². The van der Waals surface area contributed by atoms with Crippen LogP contribution in [0.2, 0.25) is 5.02 Å². The fourth-order valence-electron chi connectivity index (χ4n) is 6.54. The maximum atomic E-state index is 7.18. The highest BCUT2D eigenvalue weighted by molar-refractivity contribution is 7.26. The van der Waals surface area contributed by atoms with Crippen molar-refractivity contribution in [3.05, 3.63) is 155 Å². The van der Waals surface area contributed by atoms with Crippen LogP contribution in [0.5, 0.6) is 0 Å². The minimum absolute atomic E-state index is 0.453. The first kappa shape index (κ1) is 21.2. The minimum Gasteiger partial charge on any atom is -0.134 e. The predicted octanol–water partition coefficient (Wildman–Crippen LogP) is 10.2. The molecule has 174 valence electrons. The smallest absolute Gasteiger partial charge is 0.0714 e. The Morgan fingerprint density at radius 1 is 0.541 bits per heavy atom. The fourth-order valence-corrected chi connectivity index (χ4v) is 7.98. The zero-order chi connectivity index (χ0) is 24.6. The van der Waals surface area contributed by atoms with Crippen molar-refractivity contribution in [2.45, 2.75) is 5.41 Å². The van der Waals surface area contributed by atoms with Crippen molar-refractivity contribution in [2.24, 2.45) is 0 Å². The van der Waals surface area contributed by atoms with E-state index in [-0.39, 0.29) is 0 Å². The number of hydrogen-bond donors (Lipinski definition) is 0. The molecule has 0 radical (unpaired) electrons. The van der Waals surface area contributed by atoms with E-state index in [0.29, 0.717) is 0 Å². The summed E-state index contributed by atoms with van der Waals surface area (Å²) in [5.41, 5.74) is 7.21. The molecule has 1 aliphatic rings. The van der Waals surface area contributed by atoms with Gasteiger partial charge in [-0.3, -0.25) is 0 Å². The normalized spacial score (nSPS) is 13.8. The Balaban J connectivity index is 1.57. The van der Waals surface area contributed by atoms with E-state index in [1.54, 1.807) is 11.3 Å². The molecule has 0 saturated heterocycles. The van der Waals surface area contributed by atoms with Gasteiger partial charge < -0.3 is 0 Å². The standard InChI is InChI=1S/C35H21ClS/c36-31-21-24(20-28-33-25-13-5-4-10-22(25)18-19-32(33)37-34(28)31)35(23-11-2-1-3-12-23)29-16-8-6-14-26(29)27-15-7-9-17-30(27)35/h1-21H. The maximum absolute atomic E-state index is 7.18. The molecule has 37 heavy (non-hydrogen) atoms. The number of halogens is 1. The molecule has 2 heteroatoms. The summed E-state index contributed by atoms with van der Waals surface area (Å²) in [4.78, 5) is 0. The van der Waals surface area contributed by atoms with Gasteiger partial charge in [0.15, 0.2) is 0 Å². The van der Waals surface area contributed by atoms with E-state index >= 15 is 0 Å². The van der Waals surface area contributed by atoms with E-state index in [9.17, 15) is 0 Å². The highest BCUT2D eigenvalue weighted by atomic mass is 35.5. The van der Waals surface area contributed by atoms with Crippen LogP contribution in [0.4, 0.5) is 0 Å². The Hall–Kier alpha value is -3.91. The molecule has 0 nitrogen and oxygen atoms in total. The van der Waals surface area contributed by atoms with Crippen molar-refractivity contribution < 1.29 is 0 Å². The molecule has 7 aromatic rings. The third-order valence-corrected chi connectivity index (χ3v) is 9.62. The molecule has 0 aliphatic heterocycles. The van der Waals surface area contributed by atoms with Crippen molar-refractivity contribution in [2.75, 3.05) is 0 Å². The van der Waals surface area contributed by atoms with Gasteiger partial charge in [-0.1, -0.05) is 121 Å². The second-order valence-electron chi connectivity index (χ2n) is 9.80. The lowest BCUT2D eigenvalue weighted by atomic mass is 9.67. The Labute approximate surface area is 224 Å². The van der Waals surface area contributed by atoms with Crippen LogP contribution in [0.3, 0.4) is 0 Å². The van der Waals surface area contributed by atoms with Gasteiger partial charge in [-0.05, 0) is 62.4 Å². The van der Waals surface area contributed by atoms with Gasteiger partial charge in [0.2, 0.25) is 0 Å². The quantitative estimate of drug-likeness (QED) is 0.218. The molecule has 1 heterocycles. The number of thiophene rings is 1. The van der Waals surface area contributed by atoms with E-state index < -0.39 is 5.41 Å². The molecule has 1 aromatic heterocycles. The van der Waals surface area contributed by atoms with Gasteiger partial charge in [-0.25, -0.2) is 0 Å². The largest absolute Gasteiger partial charge is 0.134 e. The summed E-state index contributed by atoms with van der Waals surface area (Å²) in [6.45, 7) is 0. The SMILES string of the molecule is Clc1cc(C2(c3ccccc3)c3ccccc3-c3ccccc32)cc2c1sc1ccc3ccccc3c12. The summed E-state index contributed by atoms with van der Waals surface area (Å²) in [6, 6.07) is 46.4. The minimum atomic E-state index is -0.453. The van der Waals surface area contributed by atoms with E-state index in [1.165, 1.54) is 59.6 Å². The molecule has 0 spiro atoms. The average molecular weight is 509 g/mol. The van der Waals surface area contributed by atoms with Gasteiger partial charge in [0.05, 0.1) is 15.1 Å². The van der Waals surface area contributed by atoms with Crippen molar-refractivity contribution in [3.63, 3.8) is 0 Å². The molecule has 0 N–H and O–H groups in total. The lowest BCUT2D eigenvalue weighted by Gasteiger charge is -2.34. The molecule has 0 atom stereocenters. The van der Waals surface area contributed by atoms with Gasteiger partial charge >= 0.3 is 0 Å². The van der Waals surface area contributed by atoms with Crippen molar-refractivity contribution in [1.82, 2.24) is 0 Å². The van der Waals surface area contributed by atoms with Crippen LogP contribution < -0.4 is 0 Å². The Morgan fingerprint density at radius 3 is 1.95 bits per heavy atom. The Bertz CT molecular complexity index is 1950. The van der Waals surface area contributed by atoms with Crippen LogP contribution in [0.25, 0.3) is 42.1 Å². The third kappa shape index (κ3) is 2.79. The highest BCUT2D eigenvalue weighted by Crippen LogP contribution is 2.57. The van der Waals surface area contributed by atoms with Crippen LogP contribution in [0.1, 0.15) is 22.3 Å².